The second-order valence-corrected chi connectivity index (χ2v) is 3.31. The summed E-state index contributed by atoms with van der Waals surface area (Å²) in [5.41, 5.74) is 6.53. The molecule has 0 fully saturated rings. The second-order valence-electron chi connectivity index (χ2n) is 2.44. The fraction of sp³-hybridized carbons (Fsp3) is 0.143. The number of rotatable bonds is 1. The number of hydrogen-bond acceptors (Lipinski definition) is 4. The summed E-state index contributed by atoms with van der Waals surface area (Å²) >= 11 is 1.54. The zero-order valence-electron chi connectivity index (χ0n) is 6.56. The van der Waals surface area contributed by atoms with E-state index in [0.717, 1.165) is 10.8 Å². The molecule has 0 aliphatic carbocycles. The highest BCUT2D eigenvalue weighted by Gasteiger charge is 2.04. The summed E-state index contributed by atoms with van der Waals surface area (Å²) in [5.74, 6) is 0.530. The van der Waals surface area contributed by atoms with Gasteiger partial charge < -0.3 is 5.73 Å². The molecule has 62 valence electrons. The number of nitrogens with zero attached hydrogens (tertiary/aromatic N) is 3. The highest BCUT2D eigenvalue weighted by molar-refractivity contribution is 7.12. The molecule has 0 saturated heterocycles. The van der Waals surface area contributed by atoms with E-state index in [1.54, 1.807) is 10.9 Å². The average Bonchev–Trinajstić information content (AvgIpc) is 2.58. The zero-order chi connectivity index (χ0) is 8.55. The molecule has 2 N–H and O–H groups in total. The number of nitrogen functional groups attached to an aromatic ring is 1. The van der Waals surface area contributed by atoms with Crippen LogP contribution in [0.4, 0.5) is 5.82 Å². The van der Waals surface area contributed by atoms with Crippen LogP contribution in [0, 0.1) is 6.92 Å². The molecule has 0 spiro atoms. The summed E-state index contributed by atoms with van der Waals surface area (Å²) in [6.07, 6.45) is 1.75. The Kier molecular flexibility index (Phi) is 1.58. The van der Waals surface area contributed by atoms with Gasteiger partial charge in [-0.1, -0.05) is 0 Å². The number of aromatic nitrogens is 3. The van der Waals surface area contributed by atoms with Crippen LogP contribution in [0.2, 0.25) is 0 Å². The quantitative estimate of drug-likeness (QED) is 0.717. The van der Waals surface area contributed by atoms with E-state index in [2.05, 4.69) is 10.1 Å². The molecule has 2 aromatic rings. The van der Waals surface area contributed by atoms with Gasteiger partial charge in [-0.3, -0.25) is 0 Å². The topological polar surface area (TPSA) is 56.7 Å². The van der Waals surface area contributed by atoms with Crippen LogP contribution in [0.3, 0.4) is 0 Å². The van der Waals surface area contributed by atoms with E-state index in [4.69, 9.17) is 5.73 Å². The number of nitrogens with two attached hydrogens (primary N) is 1. The first kappa shape index (κ1) is 7.30. The van der Waals surface area contributed by atoms with Gasteiger partial charge in [-0.2, -0.15) is 0 Å². The summed E-state index contributed by atoms with van der Waals surface area (Å²) in [4.78, 5) is 4.12. The van der Waals surface area contributed by atoms with E-state index < -0.39 is 0 Å². The maximum atomic E-state index is 5.53. The SMILES string of the molecule is Cc1cc(N)nn1-c1nccs1. The first-order valence-electron chi connectivity index (χ1n) is 3.49. The Balaban J connectivity index is 2.54. The van der Waals surface area contributed by atoms with Crippen LogP contribution in [-0.4, -0.2) is 14.8 Å². The highest BCUT2D eigenvalue weighted by Crippen LogP contribution is 2.14. The lowest BCUT2D eigenvalue weighted by Gasteiger charge is -1.95. The van der Waals surface area contributed by atoms with Gasteiger partial charge in [0.2, 0.25) is 5.13 Å². The van der Waals surface area contributed by atoms with Crippen molar-refractivity contribution in [1.82, 2.24) is 14.8 Å². The molecule has 0 unspecified atom stereocenters. The molecular weight excluding hydrogens is 172 g/mol. The summed E-state index contributed by atoms with van der Waals surface area (Å²) in [5, 5.41) is 6.86. The highest BCUT2D eigenvalue weighted by atomic mass is 32.1. The van der Waals surface area contributed by atoms with Gasteiger partial charge in [-0.15, -0.1) is 16.4 Å². The van der Waals surface area contributed by atoms with Crippen molar-refractivity contribution in [1.29, 1.82) is 0 Å². The molecule has 0 aliphatic heterocycles. The fourth-order valence-corrected chi connectivity index (χ4v) is 1.66. The summed E-state index contributed by atoms with van der Waals surface area (Å²) in [7, 11) is 0. The van der Waals surface area contributed by atoms with E-state index in [1.165, 1.54) is 11.3 Å². The smallest absolute Gasteiger partial charge is 0.210 e. The number of hydrogen-bond donors (Lipinski definition) is 1. The van der Waals surface area contributed by atoms with Crippen molar-refractivity contribution < 1.29 is 0 Å². The zero-order valence-corrected chi connectivity index (χ0v) is 7.38. The minimum atomic E-state index is 0.530. The van der Waals surface area contributed by atoms with Gasteiger partial charge in [0.15, 0.2) is 0 Å². The van der Waals surface area contributed by atoms with Gasteiger partial charge in [0.25, 0.3) is 0 Å². The molecule has 0 amide bonds. The lowest BCUT2D eigenvalue weighted by Crippen LogP contribution is -1.98. The molecule has 0 atom stereocenters. The predicted octanol–water partition coefficient (Wildman–Crippen LogP) is 1.22. The van der Waals surface area contributed by atoms with Crippen LogP contribution in [0.1, 0.15) is 5.69 Å². The molecule has 5 heteroatoms. The normalized spacial score (nSPS) is 10.4. The summed E-state index contributed by atoms with van der Waals surface area (Å²) in [6.45, 7) is 1.95. The van der Waals surface area contributed by atoms with Crippen LogP contribution in [-0.2, 0) is 0 Å². The third kappa shape index (κ3) is 1.08. The van der Waals surface area contributed by atoms with Crippen LogP contribution < -0.4 is 5.73 Å². The molecule has 0 aliphatic rings. The van der Waals surface area contributed by atoms with Crippen LogP contribution in [0.15, 0.2) is 17.6 Å². The number of aryl methyl sites for hydroxylation is 1. The molecule has 12 heavy (non-hydrogen) atoms. The second kappa shape index (κ2) is 2.60. The fourth-order valence-electron chi connectivity index (χ4n) is 1.01. The van der Waals surface area contributed by atoms with Crippen LogP contribution >= 0.6 is 11.3 Å². The molecule has 2 heterocycles. The molecule has 0 bridgehead atoms. The third-order valence-electron chi connectivity index (χ3n) is 1.51. The Hall–Kier alpha value is -1.36. The third-order valence-corrected chi connectivity index (χ3v) is 2.25. The Labute approximate surface area is 73.7 Å². The first-order valence-corrected chi connectivity index (χ1v) is 4.37. The van der Waals surface area contributed by atoms with Crippen molar-refractivity contribution in [3.05, 3.63) is 23.3 Å². The Morgan fingerprint density at radius 2 is 2.42 bits per heavy atom. The molecular formula is C7H8N4S. The van der Waals surface area contributed by atoms with E-state index in [0.29, 0.717) is 5.82 Å². The van der Waals surface area contributed by atoms with E-state index >= 15 is 0 Å². The van der Waals surface area contributed by atoms with Gasteiger partial charge in [0, 0.05) is 23.3 Å². The van der Waals surface area contributed by atoms with E-state index in [-0.39, 0.29) is 0 Å². The predicted molar refractivity (Wildman–Crippen MR) is 48.4 cm³/mol. The lowest BCUT2D eigenvalue weighted by molar-refractivity contribution is 0.842. The standard InChI is InChI=1S/C7H8N4S/c1-5-4-6(8)10-11(5)7-9-2-3-12-7/h2-4H,1H3,(H2,8,10). The van der Waals surface area contributed by atoms with Crippen molar-refractivity contribution in [2.24, 2.45) is 0 Å². The van der Waals surface area contributed by atoms with Gasteiger partial charge in [0.05, 0.1) is 0 Å². The average molecular weight is 180 g/mol. The van der Waals surface area contributed by atoms with Crippen LogP contribution in [0.25, 0.3) is 5.13 Å². The van der Waals surface area contributed by atoms with Crippen molar-refractivity contribution in [2.75, 3.05) is 5.73 Å². The Bertz CT molecular complexity index is 376. The minimum Gasteiger partial charge on any atom is -0.382 e. The maximum absolute atomic E-state index is 5.53. The van der Waals surface area contributed by atoms with Gasteiger partial charge >= 0.3 is 0 Å². The van der Waals surface area contributed by atoms with E-state index in [9.17, 15) is 0 Å². The first-order chi connectivity index (χ1) is 5.77. The molecule has 0 aromatic carbocycles. The van der Waals surface area contributed by atoms with Gasteiger partial charge in [-0.05, 0) is 6.92 Å². The lowest BCUT2D eigenvalue weighted by atomic mass is 10.5. The molecule has 2 rings (SSSR count). The molecule has 4 nitrogen and oxygen atoms in total. The van der Waals surface area contributed by atoms with Crippen molar-refractivity contribution in [3.8, 4) is 5.13 Å². The van der Waals surface area contributed by atoms with E-state index in [1.807, 2.05) is 18.4 Å². The molecule has 2 aromatic heterocycles. The Morgan fingerprint density at radius 3 is 2.92 bits per heavy atom. The van der Waals surface area contributed by atoms with Crippen molar-refractivity contribution in [3.63, 3.8) is 0 Å². The minimum absolute atomic E-state index is 0.530. The van der Waals surface area contributed by atoms with Crippen LogP contribution in [0.5, 0.6) is 0 Å². The Morgan fingerprint density at radius 1 is 1.58 bits per heavy atom. The van der Waals surface area contributed by atoms with Gasteiger partial charge in [0.1, 0.15) is 5.82 Å². The summed E-state index contributed by atoms with van der Waals surface area (Å²) in [6, 6.07) is 1.82. The van der Waals surface area contributed by atoms with Gasteiger partial charge in [-0.25, -0.2) is 9.67 Å². The summed E-state index contributed by atoms with van der Waals surface area (Å²) < 4.78 is 1.74. The number of thiazole rings is 1. The maximum Gasteiger partial charge on any atom is 0.210 e. The molecule has 0 saturated carbocycles. The largest absolute Gasteiger partial charge is 0.382 e. The number of anilines is 1. The van der Waals surface area contributed by atoms with Crippen molar-refractivity contribution >= 4 is 17.2 Å². The van der Waals surface area contributed by atoms with Crippen molar-refractivity contribution in [2.45, 2.75) is 6.92 Å². The molecule has 0 radical (unpaired) electrons. The monoisotopic (exact) mass is 180 g/mol.